The van der Waals surface area contributed by atoms with Crippen molar-refractivity contribution in [1.82, 2.24) is 0 Å². The number of carbonyl (C=O) groups excluding carboxylic acids is 1. The van der Waals surface area contributed by atoms with Gasteiger partial charge in [0.05, 0.1) is 0 Å². The molecule has 2 aromatic carbocycles. The first-order valence-corrected chi connectivity index (χ1v) is 12.4. The van der Waals surface area contributed by atoms with E-state index in [0.29, 0.717) is 11.8 Å². The van der Waals surface area contributed by atoms with Crippen LogP contribution in [0.5, 0.6) is 0 Å². The highest BCUT2D eigenvalue weighted by Gasteiger charge is 2.15. The number of ketones is 1. The Morgan fingerprint density at radius 3 is 1.23 bits per heavy atom. The van der Waals surface area contributed by atoms with Crippen LogP contribution in [0, 0.1) is 0 Å². The minimum atomic E-state index is 0.134. The Hall–Kier alpha value is -1.89. The van der Waals surface area contributed by atoms with Gasteiger partial charge in [-0.05, 0) is 48.6 Å². The minimum absolute atomic E-state index is 0.134. The minimum Gasteiger partial charge on any atom is -0.289 e. The second kappa shape index (κ2) is 13.4. The molecule has 0 aliphatic heterocycles. The van der Waals surface area contributed by atoms with Crippen molar-refractivity contribution in [3.8, 4) is 0 Å². The molecular weight excluding hydrogens is 364 g/mol. The molecule has 2 aromatic rings. The third-order valence-corrected chi connectivity index (χ3v) is 6.38. The van der Waals surface area contributed by atoms with Crippen LogP contribution in [0.25, 0.3) is 0 Å². The van der Waals surface area contributed by atoms with Gasteiger partial charge >= 0.3 is 0 Å². The molecule has 0 aliphatic rings. The van der Waals surface area contributed by atoms with Gasteiger partial charge in [0.25, 0.3) is 0 Å². The number of rotatable bonds is 14. The smallest absolute Gasteiger partial charge is 0.193 e. The molecule has 2 unspecified atom stereocenters. The van der Waals surface area contributed by atoms with Gasteiger partial charge in [-0.25, -0.2) is 0 Å². The third kappa shape index (κ3) is 7.11. The predicted octanol–water partition coefficient (Wildman–Crippen LogP) is 9.07. The predicted molar refractivity (Wildman–Crippen MR) is 131 cm³/mol. The largest absolute Gasteiger partial charge is 0.289 e. The molecule has 1 heteroatoms. The summed E-state index contributed by atoms with van der Waals surface area (Å²) in [6.45, 7) is 9.02. The Morgan fingerprint density at radius 1 is 0.567 bits per heavy atom. The molecule has 0 spiro atoms. The van der Waals surface area contributed by atoms with E-state index in [-0.39, 0.29) is 5.78 Å². The molecule has 0 amide bonds. The Labute approximate surface area is 185 Å². The van der Waals surface area contributed by atoms with Gasteiger partial charge in [0.1, 0.15) is 0 Å². The highest BCUT2D eigenvalue weighted by Crippen LogP contribution is 2.29. The molecule has 1 nitrogen and oxygen atoms in total. The Kier molecular flexibility index (Phi) is 10.9. The highest BCUT2D eigenvalue weighted by atomic mass is 16.1. The van der Waals surface area contributed by atoms with Crippen LogP contribution in [0.1, 0.15) is 131 Å². The molecule has 0 radical (unpaired) electrons. The summed E-state index contributed by atoms with van der Waals surface area (Å²) >= 11 is 0. The second-order valence-corrected chi connectivity index (χ2v) is 8.83. The molecule has 0 saturated carbocycles. The zero-order valence-corrected chi connectivity index (χ0v) is 19.8. The third-order valence-electron chi connectivity index (χ3n) is 6.38. The molecule has 0 heterocycles. The first-order chi connectivity index (χ1) is 14.6. The number of hydrogen-bond donors (Lipinski definition) is 0. The van der Waals surface area contributed by atoms with E-state index in [1.165, 1.54) is 75.3 Å². The molecule has 0 aliphatic carbocycles. The summed E-state index contributed by atoms with van der Waals surface area (Å²) in [4.78, 5) is 13.0. The van der Waals surface area contributed by atoms with E-state index in [1.54, 1.807) is 0 Å². The topological polar surface area (TPSA) is 17.1 Å². The molecule has 164 valence electrons. The molecule has 2 atom stereocenters. The van der Waals surface area contributed by atoms with Crippen LogP contribution in [-0.2, 0) is 0 Å². The first kappa shape index (κ1) is 24.4. The summed E-state index contributed by atoms with van der Waals surface area (Å²) in [5.74, 6) is 1.38. The maximum absolute atomic E-state index is 13.0. The van der Waals surface area contributed by atoms with E-state index in [9.17, 15) is 4.79 Å². The Balaban J connectivity index is 2.10. The van der Waals surface area contributed by atoms with Crippen molar-refractivity contribution in [3.05, 3.63) is 70.8 Å². The van der Waals surface area contributed by atoms with Gasteiger partial charge in [0, 0.05) is 11.1 Å². The molecule has 0 N–H and O–H groups in total. The normalized spacial score (nSPS) is 13.2. The van der Waals surface area contributed by atoms with Gasteiger partial charge in [0.15, 0.2) is 5.78 Å². The van der Waals surface area contributed by atoms with Gasteiger partial charge in [-0.1, -0.05) is 115 Å². The summed E-state index contributed by atoms with van der Waals surface area (Å²) in [6, 6.07) is 16.8. The summed E-state index contributed by atoms with van der Waals surface area (Å²) in [7, 11) is 0. The lowest BCUT2D eigenvalue weighted by Gasteiger charge is -2.17. The van der Waals surface area contributed by atoms with Crippen molar-refractivity contribution >= 4 is 5.78 Å². The van der Waals surface area contributed by atoms with Gasteiger partial charge in [-0.2, -0.15) is 0 Å². The van der Waals surface area contributed by atoms with Crippen molar-refractivity contribution in [2.75, 3.05) is 0 Å². The molecule has 0 aromatic heterocycles. The van der Waals surface area contributed by atoms with Crippen LogP contribution in [0.3, 0.4) is 0 Å². The first-order valence-electron chi connectivity index (χ1n) is 12.4. The van der Waals surface area contributed by atoms with Crippen LogP contribution >= 0.6 is 0 Å². The monoisotopic (exact) mass is 406 g/mol. The summed E-state index contributed by atoms with van der Waals surface area (Å²) < 4.78 is 0. The van der Waals surface area contributed by atoms with E-state index >= 15 is 0 Å². The summed E-state index contributed by atoms with van der Waals surface area (Å²) in [5, 5.41) is 0. The maximum Gasteiger partial charge on any atom is 0.193 e. The SMILES string of the molecule is CCCCC(CCC)c1ccc(C(=O)c2ccc(C(CCC)CCCC)cc2)cc1. The lowest BCUT2D eigenvalue weighted by atomic mass is 9.88. The molecule has 30 heavy (non-hydrogen) atoms. The summed E-state index contributed by atoms with van der Waals surface area (Å²) in [5.41, 5.74) is 4.37. The molecule has 0 bridgehead atoms. The summed E-state index contributed by atoms with van der Waals surface area (Å²) in [6.07, 6.45) is 12.4. The zero-order valence-electron chi connectivity index (χ0n) is 19.8. The van der Waals surface area contributed by atoms with Crippen molar-refractivity contribution in [3.63, 3.8) is 0 Å². The number of unbranched alkanes of at least 4 members (excludes halogenated alkanes) is 2. The molecule has 2 rings (SSSR count). The van der Waals surface area contributed by atoms with E-state index in [4.69, 9.17) is 0 Å². The van der Waals surface area contributed by atoms with E-state index in [2.05, 4.69) is 52.0 Å². The maximum atomic E-state index is 13.0. The van der Waals surface area contributed by atoms with Crippen molar-refractivity contribution in [1.29, 1.82) is 0 Å². The molecule has 0 fully saturated rings. The molecular formula is C29H42O. The van der Waals surface area contributed by atoms with Crippen LogP contribution < -0.4 is 0 Å². The van der Waals surface area contributed by atoms with Gasteiger partial charge in [-0.15, -0.1) is 0 Å². The lowest BCUT2D eigenvalue weighted by Crippen LogP contribution is -2.04. The molecule has 0 saturated heterocycles. The van der Waals surface area contributed by atoms with Crippen LogP contribution in [-0.4, -0.2) is 5.78 Å². The zero-order chi connectivity index (χ0) is 21.8. The van der Waals surface area contributed by atoms with Crippen LogP contribution in [0.2, 0.25) is 0 Å². The number of carbonyl (C=O) groups is 1. The van der Waals surface area contributed by atoms with Gasteiger partial charge in [-0.3, -0.25) is 4.79 Å². The van der Waals surface area contributed by atoms with Gasteiger partial charge in [0.2, 0.25) is 0 Å². The van der Waals surface area contributed by atoms with Crippen LogP contribution in [0.15, 0.2) is 48.5 Å². The standard InChI is InChI=1S/C29H42O/c1-5-9-13-23(11-7-3)25-15-19-27(20-16-25)29(30)28-21-17-26(18-22-28)24(12-8-4)14-10-6-2/h15-24H,5-14H2,1-4H3. The van der Waals surface area contributed by atoms with E-state index < -0.39 is 0 Å². The van der Waals surface area contributed by atoms with Crippen molar-refractivity contribution in [2.45, 2.75) is 104 Å². The fraction of sp³-hybridized carbons (Fsp3) is 0.552. The van der Waals surface area contributed by atoms with E-state index in [1.807, 2.05) is 24.3 Å². The average molecular weight is 407 g/mol. The second-order valence-electron chi connectivity index (χ2n) is 8.83. The fourth-order valence-electron chi connectivity index (χ4n) is 4.53. The Morgan fingerprint density at radius 2 is 0.933 bits per heavy atom. The Bertz CT molecular complexity index is 662. The number of benzene rings is 2. The highest BCUT2D eigenvalue weighted by molar-refractivity contribution is 6.09. The van der Waals surface area contributed by atoms with Crippen molar-refractivity contribution < 1.29 is 4.79 Å². The van der Waals surface area contributed by atoms with Gasteiger partial charge < -0.3 is 0 Å². The van der Waals surface area contributed by atoms with E-state index in [0.717, 1.165) is 11.1 Å². The fourth-order valence-corrected chi connectivity index (χ4v) is 4.53. The van der Waals surface area contributed by atoms with Crippen LogP contribution in [0.4, 0.5) is 0 Å². The lowest BCUT2D eigenvalue weighted by molar-refractivity contribution is 0.103. The van der Waals surface area contributed by atoms with Crippen molar-refractivity contribution in [2.24, 2.45) is 0 Å². The average Bonchev–Trinajstić information content (AvgIpc) is 2.79. The number of hydrogen-bond acceptors (Lipinski definition) is 1. The quantitative estimate of drug-likeness (QED) is 0.286.